The average Bonchev–Trinajstić information content (AvgIpc) is 2.77. The van der Waals surface area contributed by atoms with E-state index in [0.717, 1.165) is 31.5 Å². The third kappa shape index (κ3) is 3.33. The Morgan fingerprint density at radius 3 is 2.65 bits per heavy atom. The van der Waals surface area contributed by atoms with Gasteiger partial charge in [0.2, 0.25) is 5.91 Å². The molecule has 2 N–H and O–H groups in total. The maximum absolute atomic E-state index is 13.0. The lowest BCUT2D eigenvalue weighted by Gasteiger charge is -2.23. The second kappa shape index (κ2) is 7.09. The van der Waals surface area contributed by atoms with Crippen LogP contribution in [0.15, 0.2) is 24.3 Å². The minimum Gasteiger partial charge on any atom is -0.349 e. The molecule has 1 aliphatic heterocycles. The van der Waals surface area contributed by atoms with Crippen LogP contribution in [0.5, 0.6) is 0 Å². The molecule has 0 radical (unpaired) electrons. The molecule has 2 rings (SSSR count). The first-order valence-electron chi connectivity index (χ1n) is 7.16. The molecule has 1 fully saturated rings. The van der Waals surface area contributed by atoms with Crippen molar-refractivity contribution >= 4 is 17.7 Å². The summed E-state index contributed by atoms with van der Waals surface area (Å²) in [6.45, 7) is 3.83. The van der Waals surface area contributed by atoms with Crippen LogP contribution in [0.3, 0.4) is 0 Å². The van der Waals surface area contributed by atoms with E-state index in [1.807, 2.05) is 18.9 Å². The number of nitrogens with zero attached hydrogens (tertiary/aromatic N) is 1. The summed E-state index contributed by atoms with van der Waals surface area (Å²) in [7, 11) is 2.03. The smallest absolute Gasteiger partial charge is 0.236 e. The van der Waals surface area contributed by atoms with Crippen molar-refractivity contribution in [3.63, 3.8) is 0 Å². The van der Waals surface area contributed by atoms with Crippen LogP contribution in [0.2, 0.25) is 0 Å². The van der Waals surface area contributed by atoms with E-state index in [1.54, 1.807) is 23.9 Å². The lowest BCUT2D eigenvalue weighted by molar-refractivity contribution is -0.627. The van der Waals surface area contributed by atoms with Crippen LogP contribution in [0.4, 0.5) is 4.39 Å². The van der Waals surface area contributed by atoms with Crippen molar-refractivity contribution in [2.45, 2.75) is 30.4 Å². The molecule has 0 unspecified atom stereocenters. The highest BCUT2D eigenvalue weighted by Crippen LogP contribution is 2.44. The Kier molecular flexibility index (Phi) is 5.43. The fraction of sp³-hybridized carbons (Fsp3) is 0.533. The maximum atomic E-state index is 13.0. The molecule has 110 valence electrons. The van der Waals surface area contributed by atoms with E-state index in [-0.39, 0.29) is 22.3 Å². The number of halogens is 1. The van der Waals surface area contributed by atoms with Crippen molar-refractivity contribution in [3.05, 3.63) is 35.6 Å². The molecule has 1 heterocycles. The molecule has 1 saturated heterocycles. The van der Waals surface area contributed by atoms with Crippen LogP contribution in [0, 0.1) is 5.82 Å². The molecule has 1 aromatic rings. The Hall–Kier alpha value is -1.07. The predicted octanol–water partition coefficient (Wildman–Crippen LogP) is 1.76. The third-order valence-corrected chi connectivity index (χ3v) is 5.20. The predicted molar refractivity (Wildman–Crippen MR) is 79.9 cm³/mol. The van der Waals surface area contributed by atoms with Crippen molar-refractivity contribution in [1.82, 2.24) is 4.90 Å². The first-order chi connectivity index (χ1) is 9.67. The summed E-state index contributed by atoms with van der Waals surface area (Å²) in [6.07, 6.45) is 1.83. The number of benzene rings is 1. The molecule has 1 aliphatic rings. The van der Waals surface area contributed by atoms with Gasteiger partial charge in [0.05, 0.1) is 18.8 Å². The Morgan fingerprint density at radius 2 is 2.05 bits per heavy atom. The zero-order valence-corrected chi connectivity index (χ0v) is 12.8. The monoisotopic (exact) mass is 297 g/mol. The normalized spacial score (nSPS) is 22.6. The van der Waals surface area contributed by atoms with E-state index < -0.39 is 0 Å². The largest absolute Gasteiger partial charge is 0.349 e. The summed E-state index contributed by atoms with van der Waals surface area (Å²) in [4.78, 5) is 14.4. The number of carbonyl (C=O) groups excluding carboxylic acids is 1. The fourth-order valence-corrected chi connectivity index (χ4v) is 3.86. The number of quaternary nitrogens is 1. The molecule has 3 nitrogen and oxygen atoms in total. The first-order valence-corrected chi connectivity index (χ1v) is 8.11. The minimum atomic E-state index is -0.234. The fourth-order valence-electron chi connectivity index (χ4n) is 2.44. The van der Waals surface area contributed by atoms with Crippen molar-refractivity contribution in [3.8, 4) is 0 Å². The van der Waals surface area contributed by atoms with E-state index in [1.165, 1.54) is 12.1 Å². The van der Waals surface area contributed by atoms with E-state index in [4.69, 9.17) is 0 Å². The maximum Gasteiger partial charge on any atom is 0.236 e. The number of hydrogen-bond acceptors (Lipinski definition) is 2. The van der Waals surface area contributed by atoms with Crippen LogP contribution in [0.1, 0.15) is 30.7 Å². The summed E-state index contributed by atoms with van der Waals surface area (Å²) in [6, 6.07) is 6.52. The van der Waals surface area contributed by atoms with Gasteiger partial charge in [-0.1, -0.05) is 19.1 Å². The van der Waals surface area contributed by atoms with Crippen LogP contribution in [-0.4, -0.2) is 36.2 Å². The Bertz CT molecular complexity index is 452. The number of hydrogen-bond donors (Lipinski definition) is 1. The van der Waals surface area contributed by atoms with Gasteiger partial charge < -0.3 is 10.2 Å². The summed E-state index contributed by atoms with van der Waals surface area (Å²) >= 11 is 1.69. The van der Waals surface area contributed by atoms with E-state index in [0.29, 0.717) is 0 Å². The molecule has 1 aromatic carbocycles. The quantitative estimate of drug-likeness (QED) is 0.812. The number of rotatable bonds is 6. The summed E-state index contributed by atoms with van der Waals surface area (Å²) in [5.41, 5.74) is 1.01. The first kappa shape index (κ1) is 15.3. The zero-order valence-electron chi connectivity index (χ0n) is 12.0. The second-order valence-electron chi connectivity index (χ2n) is 5.02. The van der Waals surface area contributed by atoms with Crippen LogP contribution in [0.25, 0.3) is 0 Å². The van der Waals surface area contributed by atoms with Gasteiger partial charge in [-0.15, -0.1) is 11.8 Å². The van der Waals surface area contributed by atoms with Gasteiger partial charge in [0.25, 0.3) is 0 Å². The topological polar surface area (TPSA) is 36.9 Å². The molecular weight excluding hydrogens is 275 g/mol. The summed E-state index contributed by atoms with van der Waals surface area (Å²) < 4.78 is 13.0. The number of carbonyl (C=O) groups is 1. The van der Waals surface area contributed by atoms with Crippen LogP contribution in [-0.2, 0) is 4.79 Å². The van der Waals surface area contributed by atoms with E-state index in [2.05, 4.69) is 5.32 Å². The average molecular weight is 297 g/mol. The Labute approximate surface area is 123 Å². The van der Waals surface area contributed by atoms with Gasteiger partial charge in [0, 0.05) is 13.0 Å². The molecule has 5 heteroatoms. The lowest BCUT2D eigenvalue weighted by Crippen LogP contribution is -2.79. The van der Waals surface area contributed by atoms with E-state index >= 15 is 0 Å². The van der Waals surface area contributed by atoms with Gasteiger partial charge in [0.15, 0.2) is 0 Å². The summed E-state index contributed by atoms with van der Waals surface area (Å²) in [5, 5.41) is 2.19. The highest BCUT2D eigenvalue weighted by molar-refractivity contribution is 8.01. The molecule has 0 bridgehead atoms. The minimum absolute atomic E-state index is 0.0323. The molecule has 2 atom stereocenters. The number of thioether (sulfide) groups is 1. The highest BCUT2D eigenvalue weighted by Gasteiger charge is 2.39. The molecule has 0 aliphatic carbocycles. The van der Waals surface area contributed by atoms with E-state index in [9.17, 15) is 9.18 Å². The van der Waals surface area contributed by atoms with Gasteiger partial charge in [-0.25, -0.2) is 4.39 Å². The van der Waals surface area contributed by atoms with Gasteiger partial charge >= 0.3 is 0 Å². The lowest BCUT2D eigenvalue weighted by atomic mass is 10.2. The van der Waals surface area contributed by atoms with Crippen molar-refractivity contribution in [2.24, 2.45) is 0 Å². The van der Waals surface area contributed by atoms with Crippen molar-refractivity contribution < 1.29 is 14.5 Å². The highest BCUT2D eigenvalue weighted by atomic mass is 32.2. The second-order valence-corrected chi connectivity index (χ2v) is 6.31. The standard InChI is InChI=1S/C15H21FN2OS/c1-3-13-14(19)18(10-4-9-17-2)15(20-13)11-5-7-12(16)8-6-11/h5-8,13,15,17H,3-4,9-10H2,1-2H3/p+1/t13-,15-/m1/s1. The molecule has 0 spiro atoms. The molecule has 0 aromatic heterocycles. The van der Waals surface area contributed by atoms with Crippen molar-refractivity contribution in [1.29, 1.82) is 0 Å². The molecular formula is C15H22FN2OS+. The SMILES string of the molecule is CC[C@H]1S[C@H](c2ccc(F)cc2)N(CCC[NH2+]C)C1=O. The number of nitrogens with two attached hydrogens (primary N) is 1. The summed E-state index contributed by atoms with van der Waals surface area (Å²) in [5.74, 6) is -0.00910. The van der Waals surface area contributed by atoms with Crippen LogP contribution >= 0.6 is 11.8 Å². The van der Waals surface area contributed by atoms with Gasteiger partial charge in [0.1, 0.15) is 11.2 Å². The molecule has 0 saturated carbocycles. The van der Waals surface area contributed by atoms with Crippen LogP contribution < -0.4 is 5.32 Å². The van der Waals surface area contributed by atoms with Crippen molar-refractivity contribution in [2.75, 3.05) is 20.1 Å². The number of amides is 1. The van der Waals surface area contributed by atoms with Gasteiger partial charge in [-0.05, 0) is 24.1 Å². The Balaban J connectivity index is 2.15. The molecule has 1 amide bonds. The van der Waals surface area contributed by atoms with Gasteiger partial charge in [-0.2, -0.15) is 0 Å². The van der Waals surface area contributed by atoms with Gasteiger partial charge in [-0.3, -0.25) is 4.79 Å². The zero-order chi connectivity index (χ0) is 14.5. The molecule has 20 heavy (non-hydrogen) atoms. The Morgan fingerprint density at radius 1 is 1.35 bits per heavy atom. The third-order valence-electron chi connectivity index (χ3n) is 3.55.